The number of hydrogen-bond acceptors (Lipinski definition) is 29. The molecule has 1 amide bonds. The largest absolute Gasteiger partial charge is 0.394 e. The maximum Gasteiger partial charge on any atom is 0.217 e. The number of rotatable bonds is 15. The summed E-state index contributed by atoms with van der Waals surface area (Å²) in [5.41, 5.74) is 0. The van der Waals surface area contributed by atoms with Gasteiger partial charge < -0.3 is 144 Å². The minimum Gasteiger partial charge on any atom is -0.394 e. The number of ether oxygens (including phenoxy) is 11. The van der Waals surface area contributed by atoms with Crippen LogP contribution in [-0.2, 0) is 56.9 Å². The fourth-order valence-corrected chi connectivity index (χ4v) is 8.78. The lowest BCUT2D eigenvalue weighted by Crippen LogP contribution is -2.71. The van der Waals surface area contributed by atoms with E-state index in [1.807, 2.05) is 0 Å². The molecule has 0 radical (unpaired) electrons. The Bertz CT molecular complexity index is 1590. The van der Waals surface area contributed by atoms with Crippen LogP contribution < -0.4 is 5.32 Å². The summed E-state index contributed by atoms with van der Waals surface area (Å²) in [7, 11) is 0. The van der Waals surface area contributed by atoms with E-state index in [2.05, 4.69) is 5.32 Å². The highest BCUT2D eigenvalue weighted by Gasteiger charge is 2.59. The summed E-state index contributed by atoms with van der Waals surface area (Å²) in [6, 6.07) is -1.86. The lowest BCUT2D eigenvalue weighted by atomic mass is 9.93. The van der Waals surface area contributed by atoms with Crippen molar-refractivity contribution in [2.24, 2.45) is 0 Å². The first-order valence-electron chi connectivity index (χ1n) is 21.8. The molecule has 6 saturated heterocycles. The molecular formula is C38H65NO29. The van der Waals surface area contributed by atoms with Gasteiger partial charge in [-0.05, 0) is 13.8 Å². The van der Waals surface area contributed by atoms with Gasteiger partial charge in [0, 0.05) is 6.92 Å². The molecular weight excluding hydrogens is 934 g/mol. The molecule has 30 nitrogen and oxygen atoms in total. The van der Waals surface area contributed by atoms with Gasteiger partial charge >= 0.3 is 0 Å². The molecule has 0 aromatic rings. The van der Waals surface area contributed by atoms with Gasteiger partial charge in [0.05, 0.1) is 38.6 Å². The van der Waals surface area contributed by atoms with E-state index >= 15 is 0 Å². The topological polar surface area (TPSA) is 475 Å². The Morgan fingerprint density at radius 1 is 0.382 bits per heavy atom. The Balaban J connectivity index is 1.39. The van der Waals surface area contributed by atoms with Crippen molar-refractivity contribution in [1.82, 2.24) is 5.32 Å². The standard InChI is InChI=1S/C38H65NO29/c1-8-16(45)20(49)25(54)35(58-8)65-29-14(7-43)63-34(67-31-19(48)12(5-41)61-37(27(31)56)64-28-13(6-42)60-33(57)24(53)23(28)52)15(39-10(3)44)30(29)66-38-32(22(51)18(47)11(4-40)62-38)68-36-26(55)21(50)17(46)9(2)59-36/h8-9,11-38,40-43,45-57H,4-7H2,1-3H3,(H,39,44)/t8-,9-,11-,12+,13+,14+,15+,16+,17+,18+,19-,20-,21-,22-,23+,24-,25+,26+,27+,28-,29+,30-,31-,32+,33?,34+,35-,36-,37?,38+/m0/s1. The smallest absolute Gasteiger partial charge is 0.217 e. The monoisotopic (exact) mass is 999 g/mol. The molecule has 0 aliphatic carbocycles. The molecule has 396 valence electrons. The second kappa shape index (κ2) is 23.5. The van der Waals surface area contributed by atoms with Gasteiger partial charge in [0.25, 0.3) is 0 Å². The molecule has 6 aliphatic rings. The molecule has 0 spiro atoms. The van der Waals surface area contributed by atoms with Crippen molar-refractivity contribution in [1.29, 1.82) is 0 Å². The third-order valence-electron chi connectivity index (χ3n) is 12.8. The first-order chi connectivity index (χ1) is 32.1. The molecule has 0 bridgehead atoms. The maximum atomic E-state index is 13.1. The maximum absolute atomic E-state index is 13.1. The Morgan fingerprint density at radius 2 is 0.794 bits per heavy atom. The minimum atomic E-state index is -2.19. The first kappa shape index (κ1) is 55.7. The van der Waals surface area contributed by atoms with Crippen LogP contribution in [0.4, 0.5) is 0 Å². The zero-order chi connectivity index (χ0) is 50.2. The average Bonchev–Trinajstić information content (AvgIpc) is 3.31. The van der Waals surface area contributed by atoms with Crippen LogP contribution in [0, 0.1) is 0 Å². The Labute approximate surface area is 386 Å². The quantitative estimate of drug-likeness (QED) is 0.0724. The molecule has 0 aromatic heterocycles. The predicted octanol–water partition coefficient (Wildman–Crippen LogP) is -11.9. The molecule has 6 aliphatic heterocycles. The highest BCUT2D eigenvalue weighted by Crippen LogP contribution is 2.38. The van der Waals surface area contributed by atoms with E-state index in [0.717, 1.165) is 6.92 Å². The number of hydrogen-bond donors (Lipinski definition) is 18. The van der Waals surface area contributed by atoms with Crippen molar-refractivity contribution in [3.05, 3.63) is 0 Å². The summed E-state index contributed by atoms with van der Waals surface area (Å²) >= 11 is 0. The van der Waals surface area contributed by atoms with Gasteiger partial charge in [0.2, 0.25) is 5.91 Å². The van der Waals surface area contributed by atoms with E-state index in [1.165, 1.54) is 13.8 Å². The highest BCUT2D eigenvalue weighted by atomic mass is 16.8. The van der Waals surface area contributed by atoms with Crippen LogP contribution in [0.15, 0.2) is 0 Å². The molecule has 6 rings (SSSR count). The Morgan fingerprint density at radius 3 is 1.32 bits per heavy atom. The van der Waals surface area contributed by atoms with Crippen molar-refractivity contribution in [3.63, 3.8) is 0 Å². The van der Waals surface area contributed by atoms with E-state index in [9.17, 15) is 91.6 Å². The molecule has 18 N–H and O–H groups in total. The van der Waals surface area contributed by atoms with E-state index < -0.39 is 217 Å². The summed E-state index contributed by atoms with van der Waals surface area (Å²) in [4.78, 5) is 13.1. The summed E-state index contributed by atoms with van der Waals surface area (Å²) in [5.74, 6) is -0.894. The summed E-state index contributed by atoms with van der Waals surface area (Å²) in [6.45, 7) is -0.357. The van der Waals surface area contributed by atoms with Gasteiger partial charge in [-0.1, -0.05) is 0 Å². The molecule has 30 atom stereocenters. The number of aliphatic hydroxyl groups is 17. The van der Waals surface area contributed by atoms with Gasteiger partial charge in [-0.3, -0.25) is 4.79 Å². The summed E-state index contributed by atoms with van der Waals surface area (Å²) < 4.78 is 63.9. The zero-order valence-corrected chi connectivity index (χ0v) is 36.7. The van der Waals surface area contributed by atoms with Crippen molar-refractivity contribution in [3.8, 4) is 0 Å². The zero-order valence-electron chi connectivity index (χ0n) is 36.7. The van der Waals surface area contributed by atoms with Crippen LogP contribution in [-0.4, -0.2) is 303 Å². The normalized spacial score (nSPS) is 52.6. The molecule has 68 heavy (non-hydrogen) atoms. The number of carbonyl (C=O) groups excluding carboxylic acids is 1. The fraction of sp³-hybridized carbons (Fsp3) is 0.974. The van der Waals surface area contributed by atoms with Gasteiger partial charge in [-0.25, -0.2) is 0 Å². The third kappa shape index (κ3) is 11.4. The third-order valence-corrected chi connectivity index (χ3v) is 12.8. The van der Waals surface area contributed by atoms with E-state index in [-0.39, 0.29) is 0 Å². The first-order valence-corrected chi connectivity index (χ1v) is 21.8. The van der Waals surface area contributed by atoms with E-state index in [1.54, 1.807) is 0 Å². The highest BCUT2D eigenvalue weighted by molar-refractivity contribution is 5.73. The summed E-state index contributed by atoms with van der Waals surface area (Å²) in [5, 5.41) is 184. The van der Waals surface area contributed by atoms with E-state index in [4.69, 9.17) is 52.1 Å². The Hall–Kier alpha value is -1.65. The van der Waals surface area contributed by atoms with Crippen molar-refractivity contribution >= 4 is 5.91 Å². The van der Waals surface area contributed by atoms with Crippen LogP contribution in [0.5, 0.6) is 0 Å². The predicted molar refractivity (Wildman–Crippen MR) is 208 cm³/mol. The van der Waals surface area contributed by atoms with Gasteiger partial charge in [0.1, 0.15) is 134 Å². The van der Waals surface area contributed by atoms with Crippen molar-refractivity contribution in [2.75, 3.05) is 26.4 Å². The average molecular weight is 1000 g/mol. The van der Waals surface area contributed by atoms with Crippen molar-refractivity contribution in [2.45, 2.75) is 205 Å². The molecule has 6 heterocycles. The number of amides is 1. The van der Waals surface area contributed by atoms with Crippen LogP contribution in [0.25, 0.3) is 0 Å². The van der Waals surface area contributed by atoms with Gasteiger partial charge in [-0.2, -0.15) is 0 Å². The Kier molecular flexibility index (Phi) is 19.2. The molecule has 0 aromatic carbocycles. The van der Waals surface area contributed by atoms with Gasteiger partial charge in [0.15, 0.2) is 37.7 Å². The lowest BCUT2D eigenvalue weighted by Gasteiger charge is -2.52. The van der Waals surface area contributed by atoms with Crippen LogP contribution in [0.2, 0.25) is 0 Å². The number of aliphatic hydroxyl groups excluding tert-OH is 17. The molecule has 0 saturated carbocycles. The lowest BCUT2D eigenvalue weighted by molar-refractivity contribution is -0.400. The van der Waals surface area contributed by atoms with Crippen LogP contribution in [0.1, 0.15) is 20.8 Å². The molecule has 2 unspecified atom stereocenters. The molecule has 30 heteroatoms. The summed E-state index contributed by atoms with van der Waals surface area (Å²) in [6.07, 6.45) is -54.0. The second-order valence-electron chi connectivity index (χ2n) is 17.5. The molecule has 6 fully saturated rings. The number of nitrogens with one attached hydrogen (secondary N) is 1. The van der Waals surface area contributed by atoms with E-state index in [0.29, 0.717) is 0 Å². The fourth-order valence-electron chi connectivity index (χ4n) is 8.78. The van der Waals surface area contributed by atoms with Gasteiger partial charge in [-0.15, -0.1) is 0 Å². The van der Waals surface area contributed by atoms with Crippen molar-refractivity contribution < 1.29 is 144 Å². The van der Waals surface area contributed by atoms with Crippen LogP contribution >= 0.6 is 0 Å². The SMILES string of the molecule is CC(=O)N[C@H]1[C@@H](O[C@H]2[C@@H](O)[C@@H](CO)OC(O[C@@H]3[C@H](O)[C@H](O)C(O)O[C@@H]3CO)[C@@H]2O)O[C@H](CO)[C@@H](O[C@@H]2O[C@@H](C)[C@@H](O)[C@H](O)[C@H]2O)[C@H]1O[C@H]1O[C@@H](CO)[C@@H](O)[C@H](O)[C@H]1O[C@@H]1O[C@@H](C)[C@@H](O)[C@H](O)[C@H]1O. The van der Waals surface area contributed by atoms with Crippen LogP contribution in [0.3, 0.4) is 0 Å². The number of carbonyl (C=O) groups is 1. The second-order valence-corrected chi connectivity index (χ2v) is 17.5. The minimum absolute atomic E-state index is 0.894.